The predicted molar refractivity (Wildman–Crippen MR) is 69.7 cm³/mol. The highest BCUT2D eigenvalue weighted by molar-refractivity contribution is 6.31. The Bertz CT molecular complexity index is 445. The summed E-state index contributed by atoms with van der Waals surface area (Å²) in [5.74, 6) is -0.710. The fourth-order valence-electron chi connectivity index (χ4n) is 2.01. The Kier molecular flexibility index (Phi) is 4.32. The molecule has 0 aromatic heterocycles. The molecule has 2 rings (SSSR count). The lowest BCUT2D eigenvalue weighted by Crippen LogP contribution is -2.46. The second-order valence-electron chi connectivity index (χ2n) is 4.63. The number of carbonyl (C=O) groups is 1. The van der Waals surface area contributed by atoms with Crippen molar-refractivity contribution in [2.24, 2.45) is 0 Å². The van der Waals surface area contributed by atoms with Crippen LogP contribution in [0.1, 0.15) is 10.4 Å². The SMILES string of the molecule is CN1CCN(CC(=O)c2cc(Cl)ccc2F)CC1. The maximum absolute atomic E-state index is 13.5. The van der Waals surface area contributed by atoms with Gasteiger partial charge in [0.25, 0.3) is 0 Å². The number of hydrogen-bond donors (Lipinski definition) is 0. The maximum Gasteiger partial charge on any atom is 0.179 e. The monoisotopic (exact) mass is 270 g/mol. The zero-order valence-electron chi connectivity index (χ0n) is 10.3. The van der Waals surface area contributed by atoms with Gasteiger partial charge >= 0.3 is 0 Å². The molecule has 0 aliphatic carbocycles. The molecule has 0 bridgehead atoms. The number of benzene rings is 1. The van der Waals surface area contributed by atoms with Crippen molar-refractivity contribution in [2.45, 2.75) is 0 Å². The standard InChI is InChI=1S/C13H16ClFN2O/c1-16-4-6-17(7-5-16)9-13(18)11-8-10(14)2-3-12(11)15/h2-3,8H,4-7,9H2,1H3. The molecule has 1 aromatic carbocycles. The van der Waals surface area contributed by atoms with E-state index in [4.69, 9.17) is 11.6 Å². The van der Waals surface area contributed by atoms with Crippen molar-refractivity contribution in [3.05, 3.63) is 34.6 Å². The second kappa shape index (κ2) is 5.78. The summed E-state index contributed by atoms with van der Waals surface area (Å²) >= 11 is 5.78. The number of nitrogens with zero attached hydrogens (tertiary/aromatic N) is 2. The predicted octanol–water partition coefficient (Wildman–Crippen LogP) is 1.91. The molecule has 0 amide bonds. The highest BCUT2D eigenvalue weighted by Crippen LogP contribution is 2.16. The Labute approximate surface area is 111 Å². The molecule has 0 saturated carbocycles. The van der Waals surface area contributed by atoms with Crippen molar-refractivity contribution in [3.63, 3.8) is 0 Å². The smallest absolute Gasteiger partial charge is 0.179 e. The van der Waals surface area contributed by atoms with Crippen LogP contribution < -0.4 is 0 Å². The Balaban J connectivity index is 2.01. The number of Topliss-reactive ketones (excluding diaryl/α,β-unsaturated/α-hetero) is 1. The van der Waals surface area contributed by atoms with Crippen LogP contribution in [-0.4, -0.2) is 55.4 Å². The molecule has 1 fully saturated rings. The number of likely N-dealkylation sites (N-methyl/N-ethyl adjacent to an activating group) is 1. The van der Waals surface area contributed by atoms with Crippen molar-refractivity contribution in [3.8, 4) is 0 Å². The summed E-state index contributed by atoms with van der Waals surface area (Å²) in [5.41, 5.74) is 0.0847. The summed E-state index contributed by atoms with van der Waals surface area (Å²) in [6.07, 6.45) is 0. The fourth-order valence-corrected chi connectivity index (χ4v) is 2.18. The Morgan fingerprint density at radius 3 is 2.67 bits per heavy atom. The van der Waals surface area contributed by atoms with Crippen molar-refractivity contribution in [1.29, 1.82) is 0 Å². The van der Waals surface area contributed by atoms with Gasteiger partial charge in [-0.05, 0) is 25.2 Å². The minimum Gasteiger partial charge on any atom is -0.304 e. The van der Waals surface area contributed by atoms with E-state index in [1.807, 2.05) is 4.90 Å². The van der Waals surface area contributed by atoms with Crippen molar-refractivity contribution >= 4 is 17.4 Å². The van der Waals surface area contributed by atoms with Gasteiger partial charge in [0.1, 0.15) is 5.82 Å². The largest absolute Gasteiger partial charge is 0.304 e. The van der Waals surface area contributed by atoms with Crippen LogP contribution >= 0.6 is 11.6 Å². The van der Waals surface area contributed by atoms with Crippen molar-refractivity contribution < 1.29 is 9.18 Å². The summed E-state index contributed by atoms with van der Waals surface area (Å²) in [6.45, 7) is 3.80. The average molecular weight is 271 g/mol. The molecule has 18 heavy (non-hydrogen) atoms. The van der Waals surface area contributed by atoms with E-state index in [0.29, 0.717) is 5.02 Å². The molecule has 1 saturated heterocycles. The average Bonchev–Trinajstić information content (AvgIpc) is 2.35. The second-order valence-corrected chi connectivity index (χ2v) is 5.06. The highest BCUT2D eigenvalue weighted by Gasteiger charge is 2.19. The van der Waals surface area contributed by atoms with Gasteiger partial charge in [-0.2, -0.15) is 0 Å². The van der Waals surface area contributed by atoms with Crippen LogP contribution in [0.2, 0.25) is 5.02 Å². The van der Waals surface area contributed by atoms with Gasteiger partial charge in [0.2, 0.25) is 0 Å². The van der Waals surface area contributed by atoms with E-state index in [0.717, 1.165) is 26.2 Å². The van der Waals surface area contributed by atoms with Gasteiger partial charge in [0.05, 0.1) is 12.1 Å². The number of hydrogen-bond acceptors (Lipinski definition) is 3. The maximum atomic E-state index is 13.5. The van der Waals surface area contributed by atoms with Gasteiger partial charge in [-0.15, -0.1) is 0 Å². The molecule has 0 radical (unpaired) electrons. The number of carbonyl (C=O) groups excluding carboxylic acids is 1. The molecule has 0 unspecified atom stereocenters. The van der Waals surface area contributed by atoms with Gasteiger partial charge in [-0.3, -0.25) is 9.69 Å². The molecule has 0 spiro atoms. The van der Waals surface area contributed by atoms with Crippen LogP contribution in [0.25, 0.3) is 0 Å². The Hall–Kier alpha value is -0.970. The quantitative estimate of drug-likeness (QED) is 0.784. The first kappa shape index (κ1) is 13.5. The van der Waals surface area contributed by atoms with E-state index in [1.54, 1.807) is 0 Å². The lowest BCUT2D eigenvalue weighted by atomic mass is 10.1. The lowest BCUT2D eigenvalue weighted by molar-refractivity contribution is 0.0872. The van der Waals surface area contributed by atoms with Gasteiger partial charge in [0.15, 0.2) is 5.78 Å². The van der Waals surface area contributed by atoms with E-state index >= 15 is 0 Å². The Morgan fingerprint density at radius 2 is 2.00 bits per heavy atom. The molecule has 1 heterocycles. The molecular weight excluding hydrogens is 255 g/mol. The zero-order chi connectivity index (χ0) is 13.1. The number of piperazine rings is 1. The normalized spacial score (nSPS) is 17.9. The summed E-state index contributed by atoms with van der Waals surface area (Å²) in [6, 6.07) is 4.08. The van der Waals surface area contributed by atoms with E-state index < -0.39 is 5.82 Å². The molecule has 3 nitrogen and oxygen atoms in total. The van der Waals surface area contributed by atoms with Gasteiger partial charge < -0.3 is 4.90 Å². The van der Waals surface area contributed by atoms with Crippen LogP contribution in [-0.2, 0) is 0 Å². The molecule has 1 aliphatic rings. The highest BCUT2D eigenvalue weighted by atomic mass is 35.5. The number of rotatable bonds is 3. The van der Waals surface area contributed by atoms with Crippen LogP contribution in [0.5, 0.6) is 0 Å². The topological polar surface area (TPSA) is 23.6 Å². The van der Waals surface area contributed by atoms with E-state index in [9.17, 15) is 9.18 Å². The van der Waals surface area contributed by atoms with E-state index in [1.165, 1.54) is 18.2 Å². The van der Waals surface area contributed by atoms with Crippen LogP contribution in [0.3, 0.4) is 0 Å². The van der Waals surface area contributed by atoms with Gasteiger partial charge in [-0.25, -0.2) is 4.39 Å². The summed E-state index contributed by atoms with van der Waals surface area (Å²) in [5, 5.41) is 0.387. The molecule has 1 aromatic rings. The van der Waals surface area contributed by atoms with E-state index in [2.05, 4.69) is 11.9 Å². The molecule has 5 heteroatoms. The molecule has 1 aliphatic heterocycles. The molecule has 0 atom stereocenters. The van der Waals surface area contributed by atoms with Crippen LogP contribution in [0, 0.1) is 5.82 Å². The number of halogens is 2. The summed E-state index contributed by atoms with van der Waals surface area (Å²) < 4.78 is 13.5. The molecule has 98 valence electrons. The summed E-state index contributed by atoms with van der Waals surface area (Å²) in [4.78, 5) is 16.3. The summed E-state index contributed by atoms with van der Waals surface area (Å²) in [7, 11) is 2.05. The van der Waals surface area contributed by atoms with Crippen molar-refractivity contribution in [2.75, 3.05) is 39.8 Å². The lowest BCUT2D eigenvalue weighted by Gasteiger charge is -2.31. The van der Waals surface area contributed by atoms with Crippen LogP contribution in [0.4, 0.5) is 4.39 Å². The Morgan fingerprint density at radius 1 is 1.33 bits per heavy atom. The zero-order valence-corrected chi connectivity index (χ0v) is 11.1. The fraction of sp³-hybridized carbons (Fsp3) is 0.462. The minimum absolute atomic E-state index is 0.0847. The third-order valence-electron chi connectivity index (χ3n) is 3.19. The molecule has 0 N–H and O–H groups in total. The number of ketones is 1. The third-order valence-corrected chi connectivity index (χ3v) is 3.43. The minimum atomic E-state index is -0.501. The van der Waals surface area contributed by atoms with Gasteiger partial charge in [-0.1, -0.05) is 11.6 Å². The third kappa shape index (κ3) is 3.28. The first-order chi connectivity index (χ1) is 8.56. The van der Waals surface area contributed by atoms with E-state index in [-0.39, 0.29) is 17.9 Å². The van der Waals surface area contributed by atoms with Crippen molar-refractivity contribution in [1.82, 2.24) is 9.80 Å². The first-order valence-electron chi connectivity index (χ1n) is 5.95. The van der Waals surface area contributed by atoms with Crippen LogP contribution in [0.15, 0.2) is 18.2 Å². The molecular formula is C13H16ClFN2O. The first-order valence-corrected chi connectivity index (χ1v) is 6.33. The van der Waals surface area contributed by atoms with Gasteiger partial charge in [0, 0.05) is 31.2 Å².